The fraction of sp³-hybridized carbons (Fsp3) is 0.176. The van der Waals surface area contributed by atoms with Gasteiger partial charge < -0.3 is 15.8 Å². The van der Waals surface area contributed by atoms with E-state index in [9.17, 15) is 4.79 Å². The zero-order chi connectivity index (χ0) is 16.2. The first-order chi connectivity index (χ1) is 11.2. The molecule has 3 rings (SSSR count). The molecule has 0 spiro atoms. The average Bonchev–Trinajstić information content (AvgIpc) is 2.99. The number of fused-ring (bicyclic) bond motifs is 1. The minimum absolute atomic E-state index is 0.452. The SMILES string of the molecule is CNCCOc1ccc(-c2n[nH]c3ccc(C(N)=O)cc23)cc1. The van der Waals surface area contributed by atoms with Crippen molar-refractivity contribution in [3.05, 3.63) is 48.0 Å². The molecule has 1 heterocycles. The van der Waals surface area contributed by atoms with Gasteiger partial charge in [0.05, 0.1) is 11.2 Å². The van der Waals surface area contributed by atoms with E-state index < -0.39 is 5.91 Å². The summed E-state index contributed by atoms with van der Waals surface area (Å²) in [6.07, 6.45) is 0. The fourth-order valence-electron chi connectivity index (χ4n) is 2.37. The maximum atomic E-state index is 11.4. The van der Waals surface area contributed by atoms with Crippen molar-refractivity contribution in [2.45, 2.75) is 0 Å². The predicted octanol–water partition coefficient (Wildman–Crippen LogP) is 1.93. The van der Waals surface area contributed by atoms with Crippen molar-refractivity contribution in [3.63, 3.8) is 0 Å². The first-order valence-corrected chi connectivity index (χ1v) is 7.35. The van der Waals surface area contributed by atoms with Crippen LogP contribution in [0, 0.1) is 0 Å². The zero-order valence-corrected chi connectivity index (χ0v) is 12.8. The van der Waals surface area contributed by atoms with Crippen LogP contribution in [0.2, 0.25) is 0 Å². The highest BCUT2D eigenvalue weighted by molar-refractivity contribution is 6.00. The molecular weight excluding hydrogens is 292 g/mol. The summed E-state index contributed by atoms with van der Waals surface area (Å²) in [7, 11) is 1.88. The first-order valence-electron chi connectivity index (χ1n) is 7.35. The van der Waals surface area contributed by atoms with Gasteiger partial charge in [0.25, 0.3) is 0 Å². The lowest BCUT2D eigenvalue weighted by Crippen LogP contribution is -2.15. The number of H-pyrrole nitrogens is 1. The van der Waals surface area contributed by atoms with E-state index >= 15 is 0 Å². The molecule has 0 atom stereocenters. The van der Waals surface area contributed by atoms with Gasteiger partial charge in [-0.15, -0.1) is 0 Å². The lowest BCUT2D eigenvalue weighted by Gasteiger charge is -2.06. The molecule has 0 aliphatic carbocycles. The van der Waals surface area contributed by atoms with Crippen LogP contribution in [-0.4, -0.2) is 36.3 Å². The summed E-state index contributed by atoms with van der Waals surface area (Å²) in [5.41, 5.74) is 8.40. The van der Waals surface area contributed by atoms with Crippen LogP contribution in [-0.2, 0) is 0 Å². The Hall–Kier alpha value is -2.86. The summed E-state index contributed by atoms with van der Waals surface area (Å²) in [6, 6.07) is 13.0. The number of amides is 1. The van der Waals surface area contributed by atoms with Crippen LogP contribution >= 0.6 is 0 Å². The number of likely N-dealkylation sites (N-methyl/N-ethyl adjacent to an activating group) is 1. The third kappa shape index (κ3) is 3.17. The smallest absolute Gasteiger partial charge is 0.248 e. The van der Waals surface area contributed by atoms with Gasteiger partial charge in [-0.25, -0.2) is 0 Å². The third-order valence-corrected chi connectivity index (χ3v) is 3.60. The number of nitrogens with two attached hydrogens (primary N) is 1. The number of hydrogen-bond donors (Lipinski definition) is 3. The van der Waals surface area contributed by atoms with E-state index in [2.05, 4.69) is 15.5 Å². The van der Waals surface area contributed by atoms with E-state index in [1.165, 1.54) is 0 Å². The van der Waals surface area contributed by atoms with Crippen LogP contribution in [0.3, 0.4) is 0 Å². The Labute approximate surface area is 133 Å². The van der Waals surface area contributed by atoms with Crippen LogP contribution < -0.4 is 15.8 Å². The number of aromatic amines is 1. The lowest BCUT2D eigenvalue weighted by atomic mass is 10.1. The summed E-state index contributed by atoms with van der Waals surface area (Å²) in [5.74, 6) is 0.356. The molecule has 0 radical (unpaired) electrons. The summed E-state index contributed by atoms with van der Waals surface area (Å²) in [4.78, 5) is 11.4. The molecule has 0 saturated heterocycles. The van der Waals surface area contributed by atoms with Crippen LogP contribution in [0.4, 0.5) is 0 Å². The quantitative estimate of drug-likeness (QED) is 0.606. The fourth-order valence-corrected chi connectivity index (χ4v) is 2.37. The minimum Gasteiger partial charge on any atom is -0.492 e. The minimum atomic E-state index is -0.452. The average molecular weight is 310 g/mol. The Morgan fingerprint density at radius 2 is 2.04 bits per heavy atom. The third-order valence-electron chi connectivity index (χ3n) is 3.60. The summed E-state index contributed by atoms with van der Waals surface area (Å²) >= 11 is 0. The molecule has 0 bridgehead atoms. The molecule has 0 aliphatic heterocycles. The molecule has 0 unspecified atom stereocenters. The normalized spacial score (nSPS) is 10.8. The second-order valence-corrected chi connectivity index (χ2v) is 5.17. The molecular formula is C17H18N4O2. The van der Waals surface area contributed by atoms with Crippen molar-refractivity contribution >= 4 is 16.8 Å². The van der Waals surface area contributed by atoms with E-state index in [0.29, 0.717) is 12.2 Å². The molecule has 0 aliphatic rings. The number of primary amides is 1. The molecule has 1 amide bonds. The van der Waals surface area contributed by atoms with Gasteiger partial charge in [0.1, 0.15) is 12.4 Å². The maximum Gasteiger partial charge on any atom is 0.248 e. The number of rotatable bonds is 6. The van der Waals surface area contributed by atoms with Crippen LogP contribution in [0.1, 0.15) is 10.4 Å². The highest BCUT2D eigenvalue weighted by Crippen LogP contribution is 2.28. The highest BCUT2D eigenvalue weighted by Gasteiger charge is 2.10. The van der Waals surface area contributed by atoms with Crippen LogP contribution in [0.25, 0.3) is 22.2 Å². The van der Waals surface area contributed by atoms with Gasteiger partial charge in [0.2, 0.25) is 5.91 Å². The Bertz CT molecular complexity index is 824. The molecule has 6 nitrogen and oxygen atoms in total. The largest absolute Gasteiger partial charge is 0.492 e. The standard InChI is InChI=1S/C17H18N4O2/c1-19-8-9-23-13-5-2-11(3-6-13)16-14-10-12(17(18)22)4-7-15(14)20-21-16/h2-7,10,19H,8-9H2,1H3,(H2,18,22)(H,20,21). The van der Waals surface area contributed by atoms with Gasteiger partial charge in [-0.1, -0.05) is 0 Å². The Balaban J connectivity index is 1.90. The van der Waals surface area contributed by atoms with E-state index in [1.54, 1.807) is 18.2 Å². The monoisotopic (exact) mass is 310 g/mol. The van der Waals surface area contributed by atoms with E-state index in [0.717, 1.165) is 34.5 Å². The summed E-state index contributed by atoms with van der Waals surface area (Å²) in [6.45, 7) is 1.41. The number of carbonyl (C=O) groups excluding carboxylic acids is 1. The topological polar surface area (TPSA) is 93.0 Å². The molecule has 1 aromatic heterocycles. The molecule has 23 heavy (non-hydrogen) atoms. The van der Waals surface area contributed by atoms with Crippen molar-refractivity contribution < 1.29 is 9.53 Å². The predicted molar refractivity (Wildman–Crippen MR) is 89.5 cm³/mol. The van der Waals surface area contributed by atoms with Gasteiger partial charge in [0, 0.05) is 23.1 Å². The number of aromatic nitrogens is 2. The molecule has 0 fully saturated rings. The number of ether oxygens (including phenoxy) is 1. The van der Waals surface area contributed by atoms with E-state index in [1.807, 2.05) is 31.3 Å². The molecule has 3 aromatic rings. The number of hydrogen-bond acceptors (Lipinski definition) is 4. The first kappa shape index (κ1) is 15.1. The molecule has 2 aromatic carbocycles. The number of carbonyl (C=O) groups is 1. The van der Waals surface area contributed by atoms with E-state index in [4.69, 9.17) is 10.5 Å². The van der Waals surface area contributed by atoms with Gasteiger partial charge in [0.15, 0.2) is 0 Å². The second-order valence-electron chi connectivity index (χ2n) is 5.17. The van der Waals surface area contributed by atoms with Crippen molar-refractivity contribution in [1.29, 1.82) is 0 Å². The maximum absolute atomic E-state index is 11.4. The summed E-state index contributed by atoms with van der Waals surface area (Å²) < 4.78 is 5.60. The highest BCUT2D eigenvalue weighted by atomic mass is 16.5. The Morgan fingerprint density at radius 1 is 1.26 bits per heavy atom. The molecule has 4 N–H and O–H groups in total. The second kappa shape index (κ2) is 6.50. The van der Waals surface area contributed by atoms with Crippen LogP contribution in [0.5, 0.6) is 5.75 Å². The zero-order valence-electron chi connectivity index (χ0n) is 12.8. The Kier molecular flexibility index (Phi) is 4.25. The lowest BCUT2D eigenvalue weighted by molar-refractivity contribution is 0.100. The van der Waals surface area contributed by atoms with Gasteiger partial charge in [-0.05, 0) is 49.5 Å². The van der Waals surface area contributed by atoms with E-state index in [-0.39, 0.29) is 0 Å². The summed E-state index contributed by atoms with van der Waals surface area (Å²) in [5, 5.41) is 11.2. The van der Waals surface area contributed by atoms with Crippen molar-refractivity contribution in [2.24, 2.45) is 5.73 Å². The van der Waals surface area contributed by atoms with Crippen molar-refractivity contribution in [3.8, 4) is 17.0 Å². The van der Waals surface area contributed by atoms with Crippen molar-refractivity contribution in [1.82, 2.24) is 15.5 Å². The van der Waals surface area contributed by atoms with Crippen LogP contribution in [0.15, 0.2) is 42.5 Å². The van der Waals surface area contributed by atoms with Gasteiger partial charge in [-0.3, -0.25) is 9.89 Å². The van der Waals surface area contributed by atoms with Gasteiger partial charge in [-0.2, -0.15) is 5.10 Å². The molecule has 0 saturated carbocycles. The Morgan fingerprint density at radius 3 is 2.74 bits per heavy atom. The number of benzene rings is 2. The number of nitrogens with zero attached hydrogens (tertiary/aromatic N) is 1. The number of nitrogens with one attached hydrogen (secondary N) is 2. The molecule has 118 valence electrons. The van der Waals surface area contributed by atoms with Crippen molar-refractivity contribution in [2.75, 3.05) is 20.2 Å². The van der Waals surface area contributed by atoms with Gasteiger partial charge >= 0.3 is 0 Å². The molecule has 6 heteroatoms.